The number of hydrogen-bond donors (Lipinski definition) is 0. The van der Waals surface area contributed by atoms with Crippen LogP contribution in [-0.4, -0.2) is 16.5 Å². The normalized spacial score (nSPS) is 12.7. The molecule has 1 nitrogen and oxygen atoms in total. The molecule has 11 heavy (non-hydrogen) atoms. The average molecular weight is 184 g/mol. The third kappa shape index (κ3) is 4.34. The predicted octanol–water partition coefficient (Wildman–Crippen LogP) is 3.22. The molecule has 0 aromatic carbocycles. The molecule has 0 unspecified atom stereocenters. The summed E-state index contributed by atoms with van der Waals surface area (Å²) in [6, 6.07) is 0. The van der Waals surface area contributed by atoms with Gasteiger partial charge in [0.15, 0.2) is 0 Å². The predicted molar refractivity (Wildman–Crippen MR) is 58.7 cm³/mol. The fraction of sp³-hybridized carbons (Fsp3) is 0.500. The van der Waals surface area contributed by atoms with E-state index in [9.17, 15) is 0 Å². The molecule has 3 heteroatoms. The summed E-state index contributed by atoms with van der Waals surface area (Å²) in [5, 5.41) is 0. The van der Waals surface area contributed by atoms with E-state index in [1.165, 1.54) is 0 Å². The Hall–Kier alpha value is -0.126. The molecule has 0 aliphatic rings. The lowest BCUT2D eigenvalue weighted by Crippen LogP contribution is -2.35. The Labute approximate surface area is 72.4 Å². The molecule has 0 aliphatic heterocycles. The van der Waals surface area contributed by atoms with Gasteiger partial charge in [-0.1, -0.05) is 26.2 Å². The molecule has 0 saturated heterocycles. The van der Waals surface area contributed by atoms with Gasteiger partial charge in [-0.3, -0.25) is 0 Å². The molecule has 0 aromatic rings. The molecule has 0 radical (unpaired) electrons. The van der Waals surface area contributed by atoms with E-state index in [1.54, 1.807) is 0 Å². The minimum absolute atomic E-state index is 1.45. The zero-order valence-corrected chi connectivity index (χ0v) is 10.0. The van der Waals surface area contributed by atoms with Crippen LogP contribution in [0.5, 0.6) is 0 Å². The van der Waals surface area contributed by atoms with Crippen LogP contribution in [0, 0.1) is 0 Å². The molecular weight excluding hydrogens is 166 g/mol. The number of rotatable bonds is 4. The fourth-order valence-corrected chi connectivity index (χ4v) is 7.51. The number of hydrogen-bond acceptors (Lipinski definition) is 0. The van der Waals surface area contributed by atoms with E-state index in [2.05, 4.69) is 39.3 Å². The van der Waals surface area contributed by atoms with Gasteiger partial charge < -0.3 is 4.65 Å². The van der Waals surface area contributed by atoms with Gasteiger partial charge in [-0.05, 0) is 16.5 Å². The van der Waals surface area contributed by atoms with E-state index in [0.29, 0.717) is 0 Å². The summed E-state index contributed by atoms with van der Waals surface area (Å²) in [4.78, 5) is 0. The SMILES string of the molecule is C=C[Si](C)(C)[N-][Si](C)(C)C=C. The van der Waals surface area contributed by atoms with E-state index < -0.39 is 16.5 Å². The molecule has 0 aliphatic carbocycles. The Morgan fingerprint density at radius 3 is 1.36 bits per heavy atom. The second kappa shape index (κ2) is 3.51. The maximum atomic E-state index is 4.82. The van der Waals surface area contributed by atoms with Crippen LogP contribution >= 0.6 is 0 Å². The first-order chi connectivity index (χ1) is 4.83. The molecule has 0 amide bonds. The molecular formula is C8H18NSi2-. The molecule has 0 bridgehead atoms. The van der Waals surface area contributed by atoms with Crippen molar-refractivity contribution in [3.8, 4) is 0 Å². The summed E-state index contributed by atoms with van der Waals surface area (Å²) < 4.78 is 4.82. The molecule has 0 spiro atoms. The van der Waals surface area contributed by atoms with Crippen molar-refractivity contribution < 1.29 is 0 Å². The molecule has 0 rings (SSSR count). The van der Waals surface area contributed by atoms with Gasteiger partial charge in [0, 0.05) is 0 Å². The summed E-state index contributed by atoms with van der Waals surface area (Å²) in [7, 11) is -2.91. The standard InChI is InChI=1S/C8H18NSi2/c1-7-10(3,4)9-11(5,6)8-2/h7-8H,1-2H2,3-6H3/q-1. The van der Waals surface area contributed by atoms with Crippen molar-refractivity contribution in [3.05, 3.63) is 29.2 Å². The van der Waals surface area contributed by atoms with E-state index in [-0.39, 0.29) is 0 Å². The van der Waals surface area contributed by atoms with Crippen LogP contribution in [0.15, 0.2) is 24.6 Å². The van der Waals surface area contributed by atoms with Crippen LogP contribution in [0.4, 0.5) is 0 Å². The van der Waals surface area contributed by atoms with Gasteiger partial charge in [0.05, 0.1) is 0 Å². The van der Waals surface area contributed by atoms with Crippen LogP contribution < -0.4 is 0 Å². The lowest BCUT2D eigenvalue weighted by atomic mass is 11.3. The van der Waals surface area contributed by atoms with Crippen LogP contribution in [0.3, 0.4) is 0 Å². The van der Waals surface area contributed by atoms with E-state index in [1.807, 2.05) is 11.4 Å². The molecule has 0 aromatic heterocycles. The Morgan fingerprint density at radius 2 is 1.18 bits per heavy atom. The van der Waals surface area contributed by atoms with Crippen molar-refractivity contribution in [1.82, 2.24) is 0 Å². The summed E-state index contributed by atoms with van der Waals surface area (Å²) in [6.45, 7) is 16.4. The molecule has 0 N–H and O–H groups in total. The van der Waals surface area contributed by atoms with Crippen molar-refractivity contribution in [2.45, 2.75) is 26.2 Å². The molecule has 0 fully saturated rings. The summed E-state index contributed by atoms with van der Waals surface area (Å²) in [6.07, 6.45) is 0. The highest BCUT2D eigenvalue weighted by atomic mass is 28.4. The first-order valence-corrected chi connectivity index (χ1v) is 9.89. The topological polar surface area (TPSA) is 14.1 Å². The van der Waals surface area contributed by atoms with Gasteiger partial charge in [0.1, 0.15) is 0 Å². The van der Waals surface area contributed by atoms with Crippen LogP contribution in [0.2, 0.25) is 26.2 Å². The highest BCUT2D eigenvalue weighted by Gasteiger charge is 2.11. The lowest BCUT2D eigenvalue weighted by Gasteiger charge is -2.46. The van der Waals surface area contributed by atoms with Gasteiger partial charge in [-0.25, -0.2) is 0 Å². The van der Waals surface area contributed by atoms with Crippen LogP contribution in [-0.2, 0) is 0 Å². The van der Waals surface area contributed by atoms with Crippen LogP contribution in [0.1, 0.15) is 0 Å². The highest BCUT2D eigenvalue weighted by Crippen LogP contribution is 2.22. The minimum Gasteiger partial charge on any atom is -0.661 e. The fourth-order valence-electron chi connectivity index (χ4n) is 0.834. The Kier molecular flexibility index (Phi) is 3.47. The summed E-state index contributed by atoms with van der Waals surface area (Å²) >= 11 is 0. The number of nitrogens with zero attached hydrogens (tertiary/aromatic N) is 1. The zero-order valence-electron chi connectivity index (χ0n) is 8.02. The summed E-state index contributed by atoms with van der Waals surface area (Å²) in [5.74, 6) is 0. The minimum atomic E-state index is -1.45. The Bertz CT molecular complexity index is 143. The van der Waals surface area contributed by atoms with Crippen molar-refractivity contribution in [2.24, 2.45) is 0 Å². The van der Waals surface area contributed by atoms with Gasteiger partial charge >= 0.3 is 0 Å². The van der Waals surface area contributed by atoms with Gasteiger partial charge in [-0.15, -0.1) is 24.6 Å². The van der Waals surface area contributed by atoms with E-state index in [4.69, 9.17) is 4.65 Å². The second-order valence-electron chi connectivity index (χ2n) is 3.83. The largest absolute Gasteiger partial charge is 0.661 e. The van der Waals surface area contributed by atoms with Crippen molar-refractivity contribution in [3.63, 3.8) is 0 Å². The van der Waals surface area contributed by atoms with Crippen molar-refractivity contribution in [1.29, 1.82) is 0 Å². The Balaban J connectivity index is 4.23. The molecule has 0 atom stereocenters. The summed E-state index contributed by atoms with van der Waals surface area (Å²) in [5.41, 5.74) is 4.04. The lowest BCUT2D eigenvalue weighted by molar-refractivity contribution is 1.74. The van der Waals surface area contributed by atoms with Crippen molar-refractivity contribution in [2.75, 3.05) is 0 Å². The average Bonchev–Trinajstić information content (AvgIpc) is 1.86. The van der Waals surface area contributed by atoms with Gasteiger partial charge in [0.25, 0.3) is 0 Å². The van der Waals surface area contributed by atoms with E-state index in [0.717, 1.165) is 0 Å². The van der Waals surface area contributed by atoms with E-state index >= 15 is 0 Å². The van der Waals surface area contributed by atoms with Crippen LogP contribution in [0.25, 0.3) is 4.65 Å². The monoisotopic (exact) mass is 184 g/mol. The first kappa shape index (κ1) is 10.9. The molecule has 0 heterocycles. The maximum absolute atomic E-state index is 4.82. The zero-order chi connectivity index (χ0) is 9.12. The smallest absolute Gasteiger partial charge is 0.0410 e. The van der Waals surface area contributed by atoms with Gasteiger partial charge in [-0.2, -0.15) is 0 Å². The molecule has 64 valence electrons. The second-order valence-corrected chi connectivity index (χ2v) is 12.2. The third-order valence-electron chi connectivity index (χ3n) is 1.58. The first-order valence-electron chi connectivity index (χ1n) is 3.84. The van der Waals surface area contributed by atoms with Gasteiger partial charge in [0.2, 0.25) is 0 Å². The quantitative estimate of drug-likeness (QED) is 0.596. The highest BCUT2D eigenvalue weighted by molar-refractivity contribution is 7.05. The maximum Gasteiger partial charge on any atom is -0.0410 e. The third-order valence-corrected chi connectivity index (χ3v) is 8.18. The molecule has 0 saturated carbocycles. The van der Waals surface area contributed by atoms with Crippen molar-refractivity contribution >= 4 is 16.5 Å². The Morgan fingerprint density at radius 1 is 0.909 bits per heavy atom.